The van der Waals surface area contributed by atoms with Crippen LogP contribution < -0.4 is 5.32 Å². The Morgan fingerprint density at radius 2 is 2.00 bits per heavy atom. The Hall–Kier alpha value is -3.53. The summed E-state index contributed by atoms with van der Waals surface area (Å²) in [5, 5.41) is 14.6. The number of hydrogen-bond acceptors (Lipinski definition) is 9. The molecule has 182 valence electrons. The number of nitro groups is 1. The lowest BCUT2D eigenvalue weighted by molar-refractivity contribution is -0.384. The van der Waals surface area contributed by atoms with Gasteiger partial charge in [0, 0.05) is 41.6 Å². The van der Waals surface area contributed by atoms with Crippen LogP contribution in [0.1, 0.15) is 38.7 Å². The van der Waals surface area contributed by atoms with Crippen LogP contribution in [-0.2, 0) is 28.6 Å². The summed E-state index contributed by atoms with van der Waals surface area (Å²) in [4.78, 5) is 50.1. The topological polar surface area (TPSA) is 134 Å². The predicted octanol–water partition coefficient (Wildman–Crippen LogP) is 2.79. The van der Waals surface area contributed by atoms with Gasteiger partial charge in [-0.25, -0.2) is 4.79 Å². The van der Waals surface area contributed by atoms with Crippen LogP contribution in [0.2, 0.25) is 0 Å². The van der Waals surface area contributed by atoms with Crippen molar-refractivity contribution in [1.29, 1.82) is 0 Å². The van der Waals surface area contributed by atoms with Gasteiger partial charge in [-0.3, -0.25) is 19.7 Å². The average molecular weight is 472 g/mol. The van der Waals surface area contributed by atoms with E-state index < -0.39 is 34.5 Å². The third-order valence-corrected chi connectivity index (χ3v) is 6.04. The third-order valence-electron chi connectivity index (χ3n) is 6.04. The van der Waals surface area contributed by atoms with E-state index in [1.807, 2.05) is 6.92 Å². The van der Waals surface area contributed by atoms with E-state index in [9.17, 15) is 24.5 Å². The number of nitrogens with one attached hydrogen (secondary N) is 1. The van der Waals surface area contributed by atoms with Crippen LogP contribution in [0.15, 0.2) is 46.8 Å². The highest BCUT2D eigenvalue weighted by Crippen LogP contribution is 2.45. The number of carbonyl (C=O) groups excluding carboxylic acids is 3. The van der Waals surface area contributed by atoms with E-state index >= 15 is 0 Å². The molecule has 3 atom stereocenters. The Labute approximate surface area is 197 Å². The van der Waals surface area contributed by atoms with Crippen LogP contribution >= 0.6 is 0 Å². The minimum atomic E-state index is -1.04. The van der Waals surface area contributed by atoms with Gasteiger partial charge < -0.3 is 19.5 Å². The van der Waals surface area contributed by atoms with E-state index in [4.69, 9.17) is 14.2 Å². The lowest BCUT2D eigenvalue weighted by Crippen LogP contribution is -2.43. The van der Waals surface area contributed by atoms with Gasteiger partial charge in [-0.1, -0.05) is 19.1 Å². The number of hydrogen-bond donors (Lipinski definition) is 1. The molecular formula is C24H28N2O8. The second-order valence-electron chi connectivity index (χ2n) is 8.22. The highest BCUT2D eigenvalue weighted by molar-refractivity contribution is 6.12. The predicted molar refractivity (Wildman–Crippen MR) is 120 cm³/mol. The van der Waals surface area contributed by atoms with Crippen LogP contribution in [0.25, 0.3) is 0 Å². The summed E-state index contributed by atoms with van der Waals surface area (Å²) < 4.78 is 15.5. The summed E-state index contributed by atoms with van der Waals surface area (Å²) in [6.45, 7) is 5.97. The first-order chi connectivity index (χ1) is 16.2. The van der Waals surface area contributed by atoms with E-state index in [2.05, 4.69) is 5.32 Å². The first kappa shape index (κ1) is 25.1. The van der Waals surface area contributed by atoms with Crippen LogP contribution in [0.4, 0.5) is 5.69 Å². The maximum atomic E-state index is 13.6. The molecule has 1 aliphatic heterocycles. The molecule has 0 aromatic heterocycles. The van der Waals surface area contributed by atoms with Crippen molar-refractivity contribution >= 4 is 23.4 Å². The fourth-order valence-corrected chi connectivity index (χ4v) is 4.52. The molecule has 2 aliphatic rings. The molecule has 10 nitrogen and oxygen atoms in total. The highest BCUT2D eigenvalue weighted by atomic mass is 16.6. The van der Waals surface area contributed by atoms with Crippen molar-refractivity contribution < 1.29 is 33.5 Å². The van der Waals surface area contributed by atoms with Gasteiger partial charge in [-0.05, 0) is 31.7 Å². The number of ketones is 1. The van der Waals surface area contributed by atoms with Gasteiger partial charge in [0.15, 0.2) is 5.78 Å². The summed E-state index contributed by atoms with van der Waals surface area (Å²) in [7, 11) is 1.22. The minimum Gasteiger partial charge on any atom is -0.468 e. The summed E-state index contributed by atoms with van der Waals surface area (Å²) >= 11 is 0. The van der Waals surface area contributed by atoms with Gasteiger partial charge >= 0.3 is 11.9 Å². The lowest BCUT2D eigenvalue weighted by Gasteiger charge is -2.38. The number of nitro benzene ring substituents is 1. The van der Waals surface area contributed by atoms with Gasteiger partial charge in [0.1, 0.15) is 12.5 Å². The largest absolute Gasteiger partial charge is 0.468 e. The fraction of sp³-hybridized carbons (Fsp3) is 0.458. The molecule has 0 spiro atoms. The molecule has 1 aliphatic carbocycles. The molecule has 1 aromatic rings. The highest BCUT2D eigenvalue weighted by Gasteiger charge is 2.47. The lowest BCUT2D eigenvalue weighted by atomic mass is 9.69. The number of benzene rings is 1. The van der Waals surface area contributed by atoms with Crippen molar-refractivity contribution in [3.05, 3.63) is 62.5 Å². The maximum Gasteiger partial charge on any atom is 0.336 e. The molecule has 34 heavy (non-hydrogen) atoms. The van der Waals surface area contributed by atoms with E-state index in [-0.39, 0.29) is 36.0 Å². The van der Waals surface area contributed by atoms with Crippen LogP contribution in [0.3, 0.4) is 0 Å². The van der Waals surface area contributed by atoms with Gasteiger partial charge in [0.05, 0.1) is 24.2 Å². The Morgan fingerprint density at radius 3 is 2.65 bits per heavy atom. The van der Waals surface area contributed by atoms with Gasteiger partial charge in [0.2, 0.25) is 0 Å². The number of dihydropyridines is 1. The van der Waals surface area contributed by atoms with E-state index in [0.717, 1.165) is 0 Å². The number of esters is 2. The molecule has 1 aromatic carbocycles. The molecule has 1 N–H and O–H groups in total. The molecular weight excluding hydrogens is 444 g/mol. The molecule has 10 heteroatoms. The average Bonchev–Trinajstić information content (AvgIpc) is 2.80. The SMILES string of the molecule is CCOCCOC(=O)C1=C(C)NC2=C(C(=O)[C@H](C(=O)OC)[C@H](C)C2)[C@H]1c1cccc([N+](=O)[O-])c1. The molecule has 0 saturated heterocycles. The van der Waals surface area contributed by atoms with Crippen molar-refractivity contribution in [3.63, 3.8) is 0 Å². The van der Waals surface area contributed by atoms with Crippen molar-refractivity contribution in [1.82, 2.24) is 5.32 Å². The number of Topliss-reactive ketones (excluding diaryl/α,β-unsaturated/α-hetero) is 1. The van der Waals surface area contributed by atoms with Crippen molar-refractivity contribution in [2.75, 3.05) is 26.9 Å². The zero-order chi connectivity index (χ0) is 25.0. The minimum absolute atomic E-state index is 0.00673. The quantitative estimate of drug-likeness (QED) is 0.199. The van der Waals surface area contributed by atoms with Crippen molar-refractivity contribution in [2.45, 2.75) is 33.1 Å². The zero-order valence-corrected chi connectivity index (χ0v) is 19.6. The monoisotopic (exact) mass is 472 g/mol. The number of non-ortho nitro benzene ring substituents is 1. The zero-order valence-electron chi connectivity index (χ0n) is 19.6. The van der Waals surface area contributed by atoms with Crippen LogP contribution in [-0.4, -0.2) is 49.6 Å². The number of carbonyl (C=O) groups is 3. The van der Waals surface area contributed by atoms with Crippen LogP contribution in [0.5, 0.6) is 0 Å². The molecule has 1 heterocycles. The van der Waals surface area contributed by atoms with Crippen LogP contribution in [0, 0.1) is 22.0 Å². The van der Waals surface area contributed by atoms with Crippen molar-refractivity contribution in [2.24, 2.45) is 11.8 Å². The number of rotatable bonds is 8. The van der Waals surface area contributed by atoms with E-state index in [1.54, 1.807) is 19.9 Å². The van der Waals surface area contributed by atoms with Crippen molar-refractivity contribution in [3.8, 4) is 0 Å². The number of allylic oxidation sites excluding steroid dienone is 3. The Balaban J connectivity index is 2.12. The molecule has 0 amide bonds. The smallest absolute Gasteiger partial charge is 0.336 e. The maximum absolute atomic E-state index is 13.6. The number of methoxy groups -OCH3 is 1. The Morgan fingerprint density at radius 1 is 1.26 bits per heavy atom. The molecule has 0 fully saturated rings. The number of nitrogens with zero attached hydrogens (tertiary/aromatic N) is 1. The molecule has 3 rings (SSSR count). The summed E-state index contributed by atoms with van der Waals surface area (Å²) in [5.41, 5.74) is 1.64. The summed E-state index contributed by atoms with van der Waals surface area (Å²) in [6, 6.07) is 5.78. The molecule has 0 radical (unpaired) electrons. The molecule has 0 bridgehead atoms. The number of ether oxygens (including phenoxy) is 3. The molecule has 0 unspecified atom stereocenters. The second-order valence-corrected chi connectivity index (χ2v) is 8.22. The fourth-order valence-electron chi connectivity index (χ4n) is 4.52. The molecule has 0 saturated carbocycles. The summed E-state index contributed by atoms with van der Waals surface area (Å²) in [5.74, 6) is -4.12. The van der Waals surface area contributed by atoms with Gasteiger partial charge in [0.25, 0.3) is 5.69 Å². The second kappa shape index (κ2) is 10.6. The van der Waals surface area contributed by atoms with E-state index in [0.29, 0.717) is 30.0 Å². The Kier molecular flexibility index (Phi) is 7.83. The third kappa shape index (κ3) is 4.86. The first-order valence-electron chi connectivity index (χ1n) is 11.0. The Bertz CT molecular complexity index is 1070. The van der Waals surface area contributed by atoms with Gasteiger partial charge in [-0.2, -0.15) is 0 Å². The first-order valence-corrected chi connectivity index (χ1v) is 11.0. The van der Waals surface area contributed by atoms with E-state index in [1.165, 1.54) is 25.3 Å². The standard InChI is InChI=1S/C24H28N2O8/c1-5-33-9-10-34-24(29)19-14(3)25-17-11-13(2)18(23(28)32-4)22(27)21(17)20(19)15-7-6-8-16(12-15)26(30)31/h6-8,12-13,18,20,25H,5,9-11H2,1-4H3/t13-,18-,20+/m1/s1. The van der Waals surface area contributed by atoms with Gasteiger partial charge in [-0.15, -0.1) is 0 Å². The normalized spacial score (nSPS) is 22.1. The summed E-state index contributed by atoms with van der Waals surface area (Å²) in [6.07, 6.45) is 0.371.